The number of hydrogen-bond donors (Lipinski definition) is 1. The fourth-order valence-electron chi connectivity index (χ4n) is 3.91. The van der Waals surface area contributed by atoms with Crippen LogP contribution in [0.15, 0.2) is 72.8 Å². The minimum atomic E-state index is -0.178. The highest BCUT2D eigenvalue weighted by atomic mass is 35.5. The lowest BCUT2D eigenvalue weighted by Gasteiger charge is -2.35. The lowest BCUT2D eigenvalue weighted by Crippen LogP contribution is -2.49. The lowest BCUT2D eigenvalue weighted by atomic mass is 10.1. The van der Waals surface area contributed by atoms with Crippen LogP contribution in [0.5, 0.6) is 0 Å². The number of halogens is 1. The molecular weight excluding hydrogens is 422 g/mol. The van der Waals surface area contributed by atoms with Crippen molar-refractivity contribution in [2.45, 2.75) is 26.4 Å². The molecule has 1 heterocycles. The molecular formula is C26H26ClN3O2. The zero-order valence-corrected chi connectivity index (χ0v) is 18.8. The van der Waals surface area contributed by atoms with E-state index in [0.717, 1.165) is 29.8 Å². The van der Waals surface area contributed by atoms with Crippen LogP contribution in [0.3, 0.4) is 0 Å². The van der Waals surface area contributed by atoms with E-state index in [9.17, 15) is 9.59 Å². The van der Waals surface area contributed by atoms with Gasteiger partial charge < -0.3 is 10.2 Å². The maximum absolute atomic E-state index is 13.1. The van der Waals surface area contributed by atoms with Crippen molar-refractivity contribution in [1.82, 2.24) is 10.2 Å². The molecule has 6 heteroatoms. The van der Waals surface area contributed by atoms with E-state index in [1.54, 1.807) is 23.1 Å². The van der Waals surface area contributed by atoms with Gasteiger partial charge in [0.1, 0.15) is 0 Å². The Kier molecular flexibility index (Phi) is 6.76. The summed E-state index contributed by atoms with van der Waals surface area (Å²) in [6.07, 6.45) is 0.900. The summed E-state index contributed by atoms with van der Waals surface area (Å²) in [5, 5.41) is 3.52. The molecule has 0 radical (unpaired) electrons. The molecule has 1 saturated heterocycles. The van der Waals surface area contributed by atoms with Crippen molar-refractivity contribution in [3.05, 3.63) is 100 Å². The molecule has 5 nitrogen and oxygen atoms in total. The second-order valence-corrected chi connectivity index (χ2v) is 8.43. The first-order valence-corrected chi connectivity index (χ1v) is 11.1. The van der Waals surface area contributed by atoms with Gasteiger partial charge in [-0.2, -0.15) is 0 Å². The summed E-state index contributed by atoms with van der Waals surface area (Å²) >= 11 is 6.15. The van der Waals surface area contributed by atoms with Crippen molar-refractivity contribution >= 4 is 29.2 Å². The van der Waals surface area contributed by atoms with Gasteiger partial charge in [-0.1, -0.05) is 59.6 Å². The molecule has 1 N–H and O–H groups in total. The second kappa shape index (κ2) is 9.88. The predicted octanol–water partition coefficient (Wildman–Crippen LogP) is 5.41. The fourth-order valence-corrected chi connectivity index (χ4v) is 4.11. The molecule has 0 unspecified atom stereocenters. The third-order valence-corrected chi connectivity index (χ3v) is 5.97. The first-order valence-electron chi connectivity index (χ1n) is 10.7. The molecule has 0 aromatic heterocycles. The first-order chi connectivity index (χ1) is 15.5. The van der Waals surface area contributed by atoms with Crippen molar-refractivity contribution in [2.24, 2.45) is 0 Å². The van der Waals surface area contributed by atoms with Crippen molar-refractivity contribution < 1.29 is 9.59 Å². The second-order valence-electron chi connectivity index (χ2n) is 8.02. The summed E-state index contributed by atoms with van der Waals surface area (Å²) in [6, 6.07) is 22.8. The Hall–Kier alpha value is -3.31. The van der Waals surface area contributed by atoms with Crippen LogP contribution in [-0.4, -0.2) is 29.9 Å². The molecule has 0 spiro atoms. The van der Waals surface area contributed by atoms with Gasteiger partial charge in [0.05, 0.1) is 0 Å². The van der Waals surface area contributed by atoms with Crippen LogP contribution in [-0.2, 0) is 13.1 Å². The number of amides is 3. The summed E-state index contributed by atoms with van der Waals surface area (Å²) in [4.78, 5) is 29.3. The van der Waals surface area contributed by atoms with Gasteiger partial charge in [-0.15, -0.1) is 0 Å². The number of benzene rings is 3. The van der Waals surface area contributed by atoms with Crippen molar-refractivity contribution in [3.8, 4) is 0 Å². The van der Waals surface area contributed by atoms with E-state index >= 15 is 0 Å². The highest BCUT2D eigenvalue weighted by Gasteiger charge is 2.27. The Morgan fingerprint density at radius 2 is 1.78 bits per heavy atom. The number of nitrogens with one attached hydrogen (secondary N) is 1. The van der Waals surface area contributed by atoms with Gasteiger partial charge in [0, 0.05) is 42.5 Å². The molecule has 1 aliphatic heterocycles. The maximum Gasteiger partial charge on any atom is 0.324 e. The SMILES string of the molecule is Cc1cccc(CN2CCCN(c3ccc(C(=O)NCc4ccccc4Cl)cc3)C2=O)c1. The van der Waals surface area contributed by atoms with E-state index in [-0.39, 0.29) is 11.9 Å². The van der Waals surface area contributed by atoms with Crippen LogP contribution in [0, 0.1) is 6.92 Å². The van der Waals surface area contributed by atoms with E-state index < -0.39 is 0 Å². The van der Waals surface area contributed by atoms with Gasteiger partial charge in [-0.3, -0.25) is 9.69 Å². The molecule has 164 valence electrons. The normalized spacial score (nSPS) is 13.9. The van der Waals surface area contributed by atoms with E-state index in [1.165, 1.54) is 5.56 Å². The molecule has 4 rings (SSSR count). The topological polar surface area (TPSA) is 52.6 Å². The third kappa shape index (κ3) is 5.11. The van der Waals surface area contributed by atoms with Crippen molar-refractivity contribution in [2.75, 3.05) is 18.0 Å². The number of carbonyl (C=O) groups excluding carboxylic acids is 2. The Bertz CT molecular complexity index is 1110. The van der Waals surface area contributed by atoms with Crippen molar-refractivity contribution in [3.63, 3.8) is 0 Å². The highest BCUT2D eigenvalue weighted by molar-refractivity contribution is 6.31. The molecule has 0 saturated carbocycles. The molecule has 3 aromatic rings. The minimum Gasteiger partial charge on any atom is -0.348 e. The zero-order valence-electron chi connectivity index (χ0n) is 18.1. The summed E-state index contributed by atoms with van der Waals surface area (Å²) in [5.74, 6) is -0.178. The van der Waals surface area contributed by atoms with Crippen LogP contribution < -0.4 is 10.2 Å². The molecule has 0 bridgehead atoms. The molecule has 0 atom stereocenters. The maximum atomic E-state index is 13.1. The number of rotatable bonds is 6. The van der Waals surface area contributed by atoms with Crippen LogP contribution in [0.25, 0.3) is 0 Å². The Morgan fingerprint density at radius 1 is 1.00 bits per heavy atom. The third-order valence-electron chi connectivity index (χ3n) is 5.61. The number of aryl methyl sites for hydroxylation is 1. The number of nitrogens with zero attached hydrogens (tertiary/aromatic N) is 2. The van der Waals surface area contributed by atoms with Gasteiger partial charge in [-0.05, 0) is 54.8 Å². The number of carbonyl (C=O) groups is 2. The summed E-state index contributed by atoms with van der Waals surface area (Å²) in [5.41, 5.74) is 4.53. The lowest BCUT2D eigenvalue weighted by molar-refractivity contribution is 0.0951. The first kappa shape index (κ1) is 21.9. The predicted molar refractivity (Wildman–Crippen MR) is 128 cm³/mol. The largest absolute Gasteiger partial charge is 0.348 e. The molecule has 0 aliphatic carbocycles. The highest BCUT2D eigenvalue weighted by Crippen LogP contribution is 2.22. The van der Waals surface area contributed by atoms with Crippen molar-refractivity contribution in [1.29, 1.82) is 0 Å². The summed E-state index contributed by atoms with van der Waals surface area (Å²) < 4.78 is 0. The molecule has 1 fully saturated rings. The van der Waals surface area contributed by atoms with Crippen LogP contribution in [0.1, 0.15) is 33.5 Å². The van der Waals surface area contributed by atoms with E-state index in [4.69, 9.17) is 11.6 Å². The Labute approximate surface area is 193 Å². The van der Waals surface area contributed by atoms with E-state index in [1.807, 2.05) is 41.3 Å². The molecule has 1 aliphatic rings. The fraction of sp³-hybridized carbons (Fsp3) is 0.231. The standard InChI is InChI=1S/C26H26ClN3O2/c1-19-6-4-7-20(16-19)18-29-14-5-15-30(26(29)32)23-12-10-21(11-13-23)25(31)28-17-22-8-2-3-9-24(22)27/h2-4,6-13,16H,5,14-15,17-18H2,1H3,(H,28,31). The minimum absolute atomic E-state index is 0.00585. The van der Waals surface area contributed by atoms with Crippen LogP contribution >= 0.6 is 11.6 Å². The van der Waals surface area contributed by atoms with Crippen LogP contribution in [0.2, 0.25) is 5.02 Å². The number of hydrogen-bond acceptors (Lipinski definition) is 2. The van der Waals surface area contributed by atoms with Gasteiger partial charge in [0.2, 0.25) is 0 Å². The van der Waals surface area contributed by atoms with E-state index in [0.29, 0.717) is 30.2 Å². The quantitative estimate of drug-likeness (QED) is 0.549. The van der Waals surface area contributed by atoms with Gasteiger partial charge in [0.15, 0.2) is 0 Å². The van der Waals surface area contributed by atoms with Gasteiger partial charge in [0.25, 0.3) is 5.91 Å². The van der Waals surface area contributed by atoms with Crippen LogP contribution in [0.4, 0.5) is 10.5 Å². The Morgan fingerprint density at radius 3 is 2.53 bits per heavy atom. The average Bonchev–Trinajstić information content (AvgIpc) is 2.80. The molecule has 3 aromatic carbocycles. The number of urea groups is 1. The smallest absolute Gasteiger partial charge is 0.324 e. The van der Waals surface area contributed by atoms with Gasteiger partial charge >= 0.3 is 6.03 Å². The molecule has 3 amide bonds. The van der Waals surface area contributed by atoms with Gasteiger partial charge in [-0.25, -0.2) is 4.79 Å². The number of anilines is 1. The Balaban J connectivity index is 1.39. The van der Waals surface area contributed by atoms with E-state index in [2.05, 4.69) is 30.4 Å². The summed E-state index contributed by atoms with van der Waals surface area (Å²) in [6.45, 7) is 4.42. The molecule has 32 heavy (non-hydrogen) atoms. The average molecular weight is 448 g/mol. The zero-order chi connectivity index (χ0) is 22.5. The monoisotopic (exact) mass is 447 g/mol. The summed E-state index contributed by atoms with van der Waals surface area (Å²) in [7, 11) is 0.